The minimum absolute atomic E-state index is 0.0604. The van der Waals surface area contributed by atoms with Crippen molar-refractivity contribution in [3.05, 3.63) is 59.7 Å². The number of benzene rings is 2. The molecule has 0 amide bonds. The first-order chi connectivity index (χ1) is 9.90. The largest absolute Gasteiger partial charge is 0.496 e. The van der Waals surface area contributed by atoms with E-state index in [9.17, 15) is 4.79 Å². The van der Waals surface area contributed by atoms with Gasteiger partial charge in [-0.05, 0) is 57.2 Å². The number of ether oxygens (including phenoxy) is 2. The Bertz CT molecular complexity index is 622. The number of carbonyl (C=O) groups excluding carboxylic acids is 1. The molecule has 0 spiro atoms. The molecule has 0 aromatic heterocycles. The highest BCUT2D eigenvalue weighted by molar-refractivity contribution is 6.10. The Balaban J connectivity index is 2.24. The third kappa shape index (κ3) is 3.85. The number of ketones is 1. The van der Waals surface area contributed by atoms with E-state index in [1.54, 1.807) is 31.4 Å². The van der Waals surface area contributed by atoms with Crippen LogP contribution in [0.5, 0.6) is 11.5 Å². The summed E-state index contributed by atoms with van der Waals surface area (Å²) in [6.07, 6.45) is 0. The summed E-state index contributed by atoms with van der Waals surface area (Å²) in [5.41, 5.74) is 0.916. The van der Waals surface area contributed by atoms with Gasteiger partial charge in [-0.15, -0.1) is 0 Å². The molecular formula is C18H20O3. The van der Waals surface area contributed by atoms with E-state index < -0.39 is 0 Å². The second kappa shape index (κ2) is 6.00. The first-order valence-corrected chi connectivity index (χ1v) is 6.87. The fraction of sp³-hybridized carbons (Fsp3) is 0.278. The lowest BCUT2D eigenvalue weighted by molar-refractivity contribution is 0.103. The summed E-state index contributed by atoms with van der Waals surface area (Å²) in [6.45, 7) is 5.96. The number of para-hydroxylation sites is 1. The van der Waals surface area contributed by atoms with E-state index in [1.807, 2.05) is 45.0 Å². The van der Waals surface area contributed by atoms with Crippen molar-refractivity contribution in [3.63, 3.8) is 0 Å². The van der Waals surface area contributed by atoms with Crippen molar-refractivity contribution in [2.75, 3.05) is 7.11 Å². The summed E-state index contributed by atoms with van der Waals surface area (Å²) in [6, 6.07) is 14.4. The summed E-state index contributed by atoms with van der Waals surface area (Å²) in [7, 11) is 1.56. The zero-order valence-electron chi connectivity index (χ0n) is 12.8. The average molecular weight is 284 g/mol. The zero-order chi connectivity index (χ0) is 15.5. The van der Waals surface area contributed by atoms with Gasteiger partial charge >= 0.3 is 0 Å². The predicted octanol–water partition coefficient (Wildman–Crippen LogP) is 4.10. The Morgan fingerprint density at radius 3 is 2.14 bits per heavy atom. The van der Waals surface area contributed by atoms with Crippen LogP contribution < -0.4 is 9.47 Å². The first-order valence-electron chi connectivity index (χ1n) is 6.87. The molecule has 2 aromatic rings. The van der Waals surface area contributed by atoms with Crippen molar-refractivity contribution >= 4 is 5.78 Å². The maximum atomic E-state index is 12.5. The van der Waals surface area contributed by atoms with Gasteiger partial charge in [-0.25, -0.2) is 0 Å². The molecule has 0 atom stereocenters. The van der Waals surface area contributed by atoms with Gasteiger partial charge in [0.05, 0.1) is 12.7 Å². The van der Waals surface area contributed by atoms with Crippen molar-refractivity contribution in [1.82, 2.24) is 0 Å². The lowest BCUT2D eigenvalue weighted by Crippen LogP contribution is -2.22. The summed E-state index contributed by atoms with van der Waals surface area (Å²) in [4.78, 5) is 12.5. The van der Waals surface area contributed by atoms with Crippen LogP contribution in [-0.2, 0) is 0 Å². The molecule has 3 nitrogen and oxygen atoms in total. The van der Waals surface area contributed by atoms with E-state index in [-0.39, 0.29) is 11.4 Å². The third-order valence-corrected chi connectivity index (χ3v) is 2.89. The Labute approximate surface area is 125 Å². The van der Waals surface area contributed by atoms with Crippen LogP contribution >= 0.6 is 0 Å². The highest BCUT2D eigenvalue weighted by Gasteiger charge is 2.15. The molecule has 0 N–H and O–H groups in total. The van der Waals surface area contributed by atoms with Gasteiger partial charge in [0, 0.05) is 5.56 Å². The molecular weight excluding hydrogens is 264 g/mol. The van der Waals surface area contributed by atoms with Crippen LogP contribution in [-0.4, -0.2) is 18.5 Å². The highest BCUT2D eigenvalue weighted by atomic mass is 16.5. The number of hydrogen-bond donors (Lipinski definition) is 0. The number of hydrogen-bond acceptors (Lipinski definition) is 3. The minimum Gasteiger partial charge on any atom is -0.496 e. The maximum Gasteiger partial charge on any atom is 0.196 e. The van der Waals surface area contributed by atoms with Crippen LogP contribution in [0.25, 0.3) is 0 Å². The predicted molar refractivity (Wildman–Crippen MR) is 83.2 cm³/mol. The van der Waals surface area contributed by atoms with Gasteiger partial charge in [-0.2, -0.15) is 0 Å². The van der Waals surface area contributed by atoms with E-state index in [1.165, 1.54) is 0 Å². The van der Waals surface area contributed by atoms with E-state index >= 15 is 0 Å². The third-order valence-electron chi connectivity index (χ3n) is 2.89. The van der Waals surface area contributed by atoms with Crippen molar-refractivity contribution in [1.29, 1.82) is 0 Å². The summed E-state index contributed by atoms with van der Waals surface area (Å²) < 4.78 is 11.0. The second-order valence-electron chi connectivity index (χ2n) is 5.77. The molecule has 110 valence electrons. The molecule has 2 rings (SSSR count). The van der Waals surface area contributed by atoms with Crippen molar-refractivity contribution in [3.8, 4) is 11.5 Å². The maximum absolute atomic E-state index is 12.5. The molecule has 0 aliphatic rings. The molecule has 0 bridgehead atoms. The summed E-state index contributed by atoms with van der Waals surface area (Å²) in [5.74, 6) is 1.27. The van der Waals surface area contributed by atoms with Gasteiger partial charge in [0.25, 0.3) is 0 Å². The number of carbonyl (C=O) groups is 1. The van der Waals surface area contributed by atoms with E-state index in [0.29, 0.717) is 16.9 Å². The molecule has 0 saturated carbocycles. The van der Waals surface area contributed by atoms with Crippen LogP contribution in [0.1, 0.15) is 36.7 Å². The van der Waals surface area contributed by atoms with Gasteiger partial charge in [0.1, 0.15) is 17.1 Å². The van der Waals surface area contributed by atoms with E-state index in [4.69, 9.17) is 9.47 Å². The molecule has 0 saturated heterocycles. The SMILES string of the molecule is COc1ccccc1C(=O)c1ccc(OC(C)(C)C)cc1. The normalized spacial score (nSPS) is 11.0. The molecule has 0 fully saturated rings. The van der Waals surface area contributed by atoms with Crippen LogP contribution in [0.2, 0.25) is 0 Å². The Kier molecular flexibility index (Phi) is 4.32. The van der Waals surface area contributed by atoms with Gasteiger partial charge in [0.2, 0.25) is 0 Å². The second-order valence-corrected chi connectivity index (χ2v) is 5.77. The van der Waals surface area contributed by atoms with Gasteiger partial charge in [-0.1, -0.05) is 12.1 Å². The Morgan fingerprint density at radius 2 is 1.57 bits per heavy atom. The molecule has 0 aliphatic heterocycles. The molecule has 2 aromatic carbocycles. The minimum atomic E-state index is -0.256. The van der Waals surface area contributed by atoms with Gasteiger partial charge in [0.15, 0.2) is 5.78 Å². The number of rotatable bonds is 4. The fourth-order valence-electron chi connectivity index (χ4n) is 2.02. The molecule has 0 radical (unpaired) electrons. The van der Waals surface area contributed by atoms with Crippen molar-refractivity contribution in [2.24, 2.45) is 0 Å². The van der Waals surface area contributed by atoms with Crippen molar-refractivity contribution in [2.45, 2.75) is 26.4 Å². The molecule has 0 heterocycles. The van der Waals surface area contributed by atoms with Crippen LogP contribution in [0, 0.1) is 0 Å². The standard InChI is InChI=1S/C18H20O3/c1-18(2,3)21-14-11-9-13(10-12-14)17(19)15-7-5-6-8-16(15)20-4/h5-12H,1-4H3. The molecule has 3 heteroatoms. The number of methoxy groups -OCH3 is 1. The lowest BCUT2D eigenvalue weighted by Gasteiger charge is -2.21. The van der Waals surface area contributed by atoms with E-state index in [2.05, 4.69) is 0 Å². The summed E-state index contributed by atoms with van der Waals surface area (Å²) >= 11 is 0. The van der Waals surface area contributed by atoms with Gasteiger partial charge < -0.3 is 9.47 Å². The monoisotopic (exact) mass is 284 g/mol. The first kappa shape index (κ1) is 15.1. The topological polar surface area (TPSA) is 35.5 Å². The van der Waals surface area contributed by atoms with Crippen LogP contribution in [0.4, 0.5) is 0 Å². The highest BCUT2D eigenvalue weighted by Crippen LogP contribution is 2.23. The van der Waals surface area contributed by atoms with Gasteiger partial charge in [-0.3, -0.25) is 4.79 Å². The zero-order valence-corrected chi connectivity index (χ0v) is 12.8. The van der Waals surface area contributed by atoms with E-state index in [0.717, 1.165) is 5.75 Å². The Hall–Kier alpha value is -2.29. The lowest BCUT2D eigenvalue weighted by atomic mass is 10.0. The van der Waals surface area contributed by atoms with Crippen molar-refractivity contribution < 1.29 is 14.3 Å². The molecule has 0 aliphatic carbocycles. The smallest absolute Gasteiger partial charge is 0.196 e. The summed E-state index contributed by atoms with van der Waals surface area (Å²) in [5, 5.41) is 0. The Morgan fingerprint density at radius 1 is 0.952 bits per heavy atom. The van der Waals surface area contributed by atoms with Crippen LogP contribution in [0.15, 0.2) is 48.5 Å². The fourth-order valence-corrected chi connectivity index (χ4v) is 2.02. The quantitative estimate of drug-likeness (QED) is 0.793. The van der Waals surface area contributed by atoms with Crippen LogP contribution in [0.3, 0.4) is 0 Å². The molecule has 0 unspecified atom stereocenters. The average Bonchev–Trinajstić information content (AvgIpc) is 2.45. The molecule has 21 heavy (non-hydrogen) atoms.